The first-order chi connectivity index (χ1) is 15.5. The lowest BCUT2D eigenvalue weighted by Crippen LogP contribution is -2.50. The molecular formula is C25H26N2O5. The van der Waals surface area contributed by atoms with Crippen molar-refractivity contribution in [3.63, 3.8) is 0 Å². The van der Waals surface area contributed by atoms with Gasteiger partial charge in [-0.15, -0.1) is 0 Å². The predicted octanol–water partition coefficient (Wildman–Crippen LogP) is 3.77. The second-order valence-corrected chi connectivity index (χ2v) is 7.81. The lowest BCUT2D eigenvalue weighted by Gasteiger charge is -2.35. The van der Waals surface area contributed by atoms with Crippen LogP contribution < -0.4 is 14.4 Å². The van der Waals surface area contributed by atoms with Crippen LogP contribution in [-0.2, 0) is 16.0 Å². The number of methoxy groups -OCH3 is 1. The summed E-state index contributed by atoms with van der Waals surface area (Å²) >= 11 is 0. The van der Waals surface area contributed by atoms with E-state index in [0.29, 0.717) is 17.9 Å². The van der Waals surface area contributed by atoms with Gasteiger partial charge in [0.1, 0.15) is 23.0 Å². The highest BCUT2D eigenvalue weighted by molar-refractivity contribution is 5.97. The predicted molar refractivity (Wildman–Crippen MR) is 121 cm³/mol. The highest BCUT2D eigenvalue weighted by Gasteiger charge is 2.34. The van der Waals surface area contributed by atoms with Crippen molar-refractivity contribution < 1.29 is 23.5 Å². The maximum Gasteiger partial charge on any atom is 0.265 e. The molecule has 0 spiro atoms. The Morgan fingerprint density at radius 2 is 1.81 bits per heavy atom. The van der Waals surface area contributed by atoms with E-state index in [0.717, 1.165) is 22.8 Å². The van der Waals surface area contributed by atoms with Crippen molar-refractivity contribution in [3.05, 3.63) is 66.4 Å². The third-order valence-corrected chi connectivity index (χ3v) is 5.41. The number of fused-ring (bicyclic) bond motifs is 1. The highest BCUT2D eigenvalue weighted by Crippen LogP contribution is 2.34. The minimum Gasteiger partial charge on any atom is -0.497 e. The molecule has 1 aromatic heterocycles. The zero-order valence-corrected chi connectivity index (χ0v) is 18.4. The molecule has 166 valence electrons. The number of aryl methyl sites for hydroxylation is 1. The third kappa shape index (κ3) is 4.46. The van der Waals surface area contributed by atoms with Gasteiger partial charge in [-0.3, -0.25) is 9.59 Å². The maximum absolute atomic E-state index is 13.1. The molecule has 2 amide bonds. The van der Waals surface area contributed by atoms with Crippen molar-refractivity contribution >= 4 is 17.5 Å². The maximum atomic E-state index is 13.1. The van der Waals surface area contributed by atoms with E-state index in [4.69, 9.17) is 13.9 Å². The summed E-state index contributed by atoms with van der Waals surface area (Å²) in [5.41, 5.74) is 1.62. The Bertz CT molecular complexity index is 1100. The van der Waals surface area contributed by atoms with Gasteiger partial charge in [-0.1, -0.05) is 12.1 Å². The summed E-state index contributed by atoms with van der Waals surface area (Å²) in [5.74, 6) is 2.53. The van der Waals surface area contributed by atoms with Crippen LogP contribution in [0.3, 0.4) is 0 Å². The first-order valence-electron chi connectivity index (χ1n) is 10.5. The fraction of sp³-hybridized carbons (Fsp3) is 0.280. The molecule has 2 aromatic carbocycles. The van der Waals surface area contributed by atoms with Crippen LogP contribution in [0.4, 0.5) is 5.69 Å². The average Bonchev–Trinajstić information content (AvgIpc) is 3.30. The van der Waals surface area contributed by atoms with E-state index < -0.39 is 6.10 Å². The van der Waals surface area contributed by atoms with Crippen molar-refractivity contribution in [2.45, 2.75) is 18.9 Å². The molecule has 1 unspecified atom stereocenters. The number of nitrogens with zero attached hydrogens (tertiary/aromatic N) is 2. The van der Waals surface area contributed by atoms with E-state index in [2.05, 4.69) is 0 Å². The monoisotopic (exact) mass is 434 g/mol. The first kappa shape index (κ1) is 21.5. The van der Waals surface area contributed by atoms with Crippen LogP contribution in [0.2, 0.25) is 0 Å². The number of carbonyl (C=O) groups excluding carboxylic acids is 2. The molecule has 0 radical (unpaired) electrons. The van der Waals surface area contributed by atoms with Gasteiger partial charge >= 0.3 is 0 Å². The molecule has 0 fully saturated rings. The molecule has 7 heteroatoms. The molecule has 0 aliphatic carbocycles. The largest absolute Gasteiger partial charge is 0.497 e. The summed E-state index contributed by atoms with van der Waals surface area (Å²) in [7, 11) is 4.98. The second-order valence-electron chi connectivity index (χ2n) is 7.81. The van der Waals surface area contributed by atoms with Gasteiger partial charge in [0.2, 0.25) is 5.91 Å². The smallest absolute Gasteiger partial charge is 0.265 e. The van der Waals surface area contributed by atoms with Crippen LogP contribution >= 0.6 is 0 Å². The molecule has 0 saturated carbocycles. The Hall–Kier alpha value is -3.74. The SMILES string of the molecule is COc1ccc(-c2ccc(CCC(=O)N3CC(C(=O)N(C)C)Oc4ccccc43)o2)cc1. The molecular weight excluding hydrogens is 408 g/mol. The lowest BCUT2D eigenvalue weighted by molar-refractivity contribution is -0.136. The summed E-state index contributed by atoms with van der Waals surface area (Å²) in [5, 5.41) is 0. The number of hydrogen-bond acceptors (Lipinski definition) is 5. The number of carbonyl (C=O) groups is 2. The van der Waals surface area contributed by atoms with Gasteiger partial charge in [0, 0.05) is 32.5 Å². The molecule has 0 N–H and O–H groups in total. The number of amides is 2. The van der Waals surface area contributed by atoms with E-state index in [1.54, 1.807) is 32.2 Å². The van der Waals surface area contributed by atoms with Crippen LogP contribution in [0.15, 0.2) is 65.1 Å². The number of para-hydroxylation sites is 2. The normalized spacial score (nSPS) is 15.0. The summed E-state index contributed by atoms with van der Waals surface area (Å²) in [6.45, 7) is 0.183. The van der Waals surface area contributed by atoms with E-state index in [1.807, 2.05) is 54.6 Å². The minimum absolute atomic E-state index is 0.0836. The van der Waals surface area contributed by atoms with Gasteiger partial charge in [-0.05, 0) is 48.5 Å². The fourth-order valence-electron chi connectivity index (χ4n) is 3.67. The van der Waals surface area contributed by atoms with E-state index in [-0.39, 0.29) is 24.8 Å². The molecule has 2 heterocycles. The van der Waals surface area contributed by atoms with E-state index in [1.165, 1.54) is 4.90 Å². The van der Waals surface area contributed by atoms with Crippen LogP contribution in [-0.4, -0.2) is 50.6 Å². The van der Waals surface area contributed by atoms with Gasteiger partial charge in [-0.2, -0.15) is 0 Å². The molecule has 0 saturated heterocycles. The zero-order valence-electron chi connectivity index (χ0n) is 18.4. The van der Waals surface area contributed by atoms with Crippen LogP contribution in [0, 0.1) is 0 Å². The second kappa shape index (κ2) is 9.18. The topological polar surface area (TPSA) is 72.2 Å². The molecule has 32 heavy (non-hydrogen) atoms. The van der Waals surface area contributed by atoms with Crippen molar-refractivity contribution in [1.82, 2.24) is 4.90 Å². The minimum atomic E-state index is -0.728. The Morgan fingerprint density at radius 3 is 2.53 bits per heavy atom. The van der Waals surface area contributed by atoms with Crippen LogP contribution in [0.25, 0.3) is 11.3 Å². The highest BCUT2D eigenvalue weighted by atomic mass is 16.5. The van der Waals surface area contributed by atoms with Crippen molar-refractivity contribution in [2.75, 3.05) is 32.6 Å². The fourth-order valence-corrected chi connectivity index (χ4v) is 3.67. The molecule has 1 aliphatic heterocycles. The third-order valence-electron chi connectivity index (χ3n) is 5.41. The van der Waals surface area contributed by atoms with Crippen molar-refractivity contribution in [3.8, 4) is 22.8 Å². The van der Waals surface area contributed by atoms with Crippen LogP contribution in [0.5, 0.6) is 11.5 Å². The molecule has 7 nitrogen and oxygen atoms in total. The molecule has 1 atom stereocenters. The number of ether oxygens (including phenoxy) is 2. The first-order valence-corrected chi connectivity index (χ1v) is 10.5. The van der Waals surface area contributed by atoms with Gasteiger partial charge < -0.3 is 23.7 Å². The lowest BCUT2D eigenvalue weighted by atomic mass is 10.1. The number of benzene rings is 2. The molecule has 0 bridgehead atoms. The van der Waals surface area contributed by atoms with Crippen molar-refractivity contribution in [1.29, 1.82) is 0 Å². The van der Waals surface area contributed by atoms with E-state index >= 15 is 0 Å². The number of furan rings is 1. The van der Waals surface area contributed by atoms with Gasteiger partial charge in [-0.25, -0.2) is 0 Å². The van der Waals surface area contributed by atoms with Crippen molar-refractivity contribution in [2.24, 2.45) is 0 Å². The summed E-state index contributed by atoms with van der Waals surface area (Å²) in [4.78, 5) is 28.7. The summed E-state index contributed by atoms with van der Waals surface area (Å²) < 4.78 is 17.0. The van der Waals surface area contributed by atoms with Gasteiger partial charge in [0.25, 0.3) is 5.91 Å². The average molecular weight is 434 g/mol. The summed E-state index contributed by atoms with van der Waals surface area (Å²) in [6.07, 6.45) is -0.0118. The standard InChI is InChI=1S/C25H26N2O5/c1-26(2)25(29)23-16-27(20-6-4-5-7-22(20)32-23)24(28)15-13-19-12-14-21(31-19)17-8-10-18(30-3)11-9-17/h4-12,14,23H,13,15-16H2,1-3H3. The Labute approximate surface area is 187 Å². The number of likely N-dealkylation sites (N-methyl/N-ethyl adjacent to an activating group) is 1. The Morgan fingerprint density at radius 1 is 1.06 bits per heavy atom. The zero-order chi connectivity index (χ0) is 22.7. The number of anilines is 1. The van der Waals surface area contributed by atoms with Crippen LogP contribution in [0.1, 0.15) is 12.2 Å². The molecule has 4 rings (SSSR count). The number of rotatable bonds is 6. The summed E-state index contributed by atoms with van der Waals surface area (Å²) in [6, 6.07) is 18.7. The quantitative estimate of drug-likeness (QED) is 0.591. The number of hydrogen-bond donors (Lipinski definition) is 0. The Kier molecular flexibility index (Phi) is 6.16. The molecule has 3 aromatic rings. The van der Waals surface area contributed by atoms with E-state index in [9.17, 15) is 9.59 Å². The van der Waals surface area contributed by atoms with Gasteiger partial charge in [0.15, 0.2) is 6.10 Å². The Balaban J connectivity index is 1.45. The molecule has 1 aliphatic rings. The van der Waals surface area contributed by atoms with Gasteiger partial charge in [0.05, 0.1) is 19.3 Å².